The molecule has 0 saturated heterocycles. The van der Waals surface area contributed by atoms with Crippen LogP contribution in [0, 0.1) is 17.7 Å². The van der Waals surface area contributed by atoms with Gasteiger partial charge in [-0.3, -0.25) is 4.68 Å². The molecule has 0 saturated carbocycles. The number of aromatic nitrogens is 2. The average molecular weight is 273 g/mol. The number of halogens is 1. The van der Waals surface area contributed by atoms with Crippen LogP contribution in [0.1, 0.15) is 11.3 Å². The molecule has 0 radical (unpaired) electrons. The second kappa shape index (κ2) is 6.73. The normalized spacial score (nSPS) is 9.95. The Morgan fingerprint density at radius 1 is 1.40 bits per heavy atom. The second-order valence-corrected chi connectivity index (χ2v) is 4.23. The third-order valence-corrected chi connectivity index (χ3v) is 2.76. The molecule has 0 bridgehead atoms. The molecule has 0 amide bonds. The van der Waals surface area contributed by atoms with E-state index in [0.29, 0.717) is 24.3 Å². The number of nitrogens with zero attached hydrogens (tertiary/aromatic N) is 2. The van der Waals surface area contributed by atoms with E-state index >= 15 is 0 Å². The largest absolute Gasteiger partial charge is 0.493 e. The van der Waals surface area contributed by atoms with E-state index in [4.69, 9.17) is 10.5 Å². The number of benzene rings is 1. The lowest BCUT2D eigenvalue weighted by molar-refractivity contribution is 0.316. The molecule has 2 N–H and O–H groups in total. The zero-order chi connectivity index (χ0) is 14.4. The third kappa shape index (κ3) is 3.84. The van der Waals surface area contributed by atoms with Gasteiger partial charge in [-0.1, -0.05) is 11.8 Å². The number of rotatable bonds is 4. The number of aryl methyl sites for hydroxylation is 1. The lowest BCUT2D eigenvalue weighted by Gasteiger charge is -2.07. The van der Waals surface area contributed by atoms with E-state index in [1.165, 1.54) is 12.1 Å². The highest BCUT2D eigenvalue weighted by Gasteiger charge is 2.02. The summed E-state index contributed by atoms with van der Waals surface area (Å²) >= 11 is 0. The van der Waals surface area contributed by atoms with Crippen LogP contribution in [-0.4, -0.2) is 22.9 Å². The van der Waals surface area contributed by atoms with Gasteiger partial charge in [0.05, 0.1) is 13.2 Å². The van der Waals surface area contributed by atoms with Gasteiger partial charge in [0.2, 0.25) is 0 Å². The van der Waals surface area contributed by atoms with Crippen molar-refractivity contribution in [2.45, 2.75) is 6.42 Å². The standard InChI is InChI=1S/C15H16FN3O/c1-19-14(4-7-18-19)5-8-20-15-10-12(3-2-6-17)9-13(16)11-15/h4,7,9-11H,5-6,8,17H2,1H3. The summed E-state index contributed by atoms with van der Waals surface area (Å²) in [6.45, 7) is 0.694. The first kappa shape index (κ1) is 14.1. The Morgan fingerprint density at radius 3 is 2.95 bits per heavy atom. The molecule has 0 atom stereocenters. The predicted octanol–water partition coefficient (Wildman–Crippen LogP) is 1.49. The SMILES string of the molecule is Cn1nccc1CCOc1cc(F)cc(C#CCN)c1. The average Bonchev–Trinajstić information content (AvgIpc) is 2.82. The Morgan fingerprint density at radius 2 is 2.25 bits per heavy atom. The fraction of sp³-hybridized carbons (Fsp3) is 0.267. The highest BCUT2D eigenvalue weighted by molar-refractivity contribution is 5.40. The first-order valence-corrected chi connectivity index (χ1v) is 6.28. The fourth-order valence-electron chi connectivity index (χ4n) is 1.79. The van der Waals surface area contributed by atoms with Crippen LogP contribution in [0.25, 0.3) is 0 Å². The van der Waals surface area contributed by atoms with Gasteiger partial charge >= 0.3 is 0 Å². The first-order chi connectivity index (χ1) is 9.69. The summed E-state index contributed by atoms with van der Waals surface area (Å²) in [5.74, 6) is 5.57. The highest BCUT2D eigenvalue weighted by Crippen LogP contribution is 2.16. The van der Waals surface area contributed by atoms with Gasteiger partial charge in [0.15, 0.2) is 0 Å². The van der Waals surface area contributed by atoms with Crippen molar-refractivity contribution >= 4 is 0 Å². The maximum absolute atomic E-state index is 13.4. The zero-order valence-corrected chi connectivity index (χ0v) is 11.3. The van der Waals surface area contributed by atoms with E-state index in [9.17, 15) is 4.39 Å². The van der Waals surface area contributed by atoms with Gasteiger partial charge in [0.25, 0.3) is 0 Å². The van der Waals surface area contributed by atoms with E-state index in [1.807, 2.05) is 13.1 Å². The number of hydrogen-bond acceptors (Lipinski definition) is 3. The van der Waals surface area contributed by atoms with Crippen LogP contribution in [0.2, 0.25) is 0 Å². The molecule has 0 aliphatic heterocycles. The molecule has 1 aromatic heterocycles. The molecule has 0 spiro atoms. The van der Waals surface area contributed by atoms with Crippen molar-refractivity contribution in [2.75, 3.05) is 13.2 Å². The number of hydrogen-bond donors (Lipinski definition) is 1. The summed E-state index contributed by atoms with van der Waals surface area (Å²) in [5, 5.41) is 4.08. The molecular formula is C15H16FN3O. The number of ether oxygens (including phenoxy) is 1. The van der Waals surface area contributed by atoms with Crippen molar-refractivity contribution in [2.24, 2.45) is 12.8 Å². The summed E-state index contributed by atoms with van der Waals surface area (Å²) in [6, 6.07) is 6.33. The van der Waals surface area contributed by atoms with Crippen molar-refractivity contribution in [1.82, 2.24) is 9.78 Å². The van der Waals surface area contributed by atoms with E-state index in [2.05, 4.69) is 16.9 Å². The molecule has 0 unspecified atom stereocenters. The third-order valence-electron chi connectivity index (χ3n) is 2.76. The molecule has 0 fully saturated rings. The molecule has 0 aliphatic rings. The Balaban J connectivity index is 1.99. The molecule has 1 aromatic carbocycles. The van der Waals surface area contributed by atoms with Crippen molar-refractivity contribution in [1.29, 1.82) is 0 Å². The van der Waals surface area contributed by atoms with E-state index in [-0.39, 0.29) is 12.4 Å². The first-order valence-electron chi connectivity index (χ1n) is 6.28. The van der Waals surface area contributed by atoms with Crippen molar-refractivity contribution in [3.63, 3.8) is 0 Å². The molecule has 2 rings (SSSR count). The zero-order valence-electron chi connectivity index (χ0n) is 11.3. The van der Waals surface area contributed by atoms with Crippen molar-refractivity contribution in [3.05, 3.63) is 47.5 Å². The Labute approximate surface area is 117 Å². The molecule has 5 heteroatoms. The Hall–Kier alpha value is -2.32. The predicted molar refractivity (Wildman–Crippen MR) is 74.7 cm³/mol. The van der Waals surface area contributed by atoms with Crippen molar-refractivity contribution < 1.29 is 9.13 Å². The lowest BCUT2D eigenvalue weighted by atomic mass is 10.2. The lowest BCUT2D eigenvalue weighted by Crippen LogP contribution is -2.06. The summed E-state index contributed by atoms with van der Waals surface area (Å²) < 4.78 is 20.8. The van der Waals surface area contributed by atoms with Gasteiger partial charge in [-0.2, -0.15) is 5.10 Å². The minimum Gasteiger partial charge on any atom is -0.493 e. The molecule has 104 valence electrons. The van der Waals surface area contributed by atoms with Crippen LogP contribution in [0.15, 0.2) is 30.5 Å². The van der Waals surface area contributed by atoms with Gasteiger partial charge in [0, 0.05) is 37.0 Å². The van der Waals surface area contributed by atoms with Gasteiger partial charge in [0.1, 0.15) is 11.6 Å². The van der Waals surface area contributed by atoms with Crippen LogP contribution in [0.5, 0.6) is 5.75 Å². The summed E-state index contributed by atoms with van der Waals surface area (Å²) in [5.41, 5.74) is 6.92. The van der Waals surface area contributed by atoms with E-state index in [0.717, 1.165) is 5.69 Å². The monoisotopic (exact) mass is 273 g/mol. The minimum atomic E-state index is -0.371. The molecule has 4 nitrogen and oxygen atoms in total. The van der Waals surface area contributed by atoms with Crippen LogP contribution < -0.4 is 10.5 Å². The van der Waals surface area contributed by atoms with Crippen molar-refractivity contribution in [3.8, 4) is 17.6 Å². The molecular weight excluding hydrogens is 257 g/mol. The smallest absolute Gasteiger partial charge is 0.128 e. The van der Waals surface area contributed by atoms with Crippen LogP contribution in [-0.2, 0) is 13.5 Å². The Kier molecular flexibility index (Phi) is 4.75. The fourth-order valence-corrected chi connectivity index (χ4v) is 1.79. The van der Waals surface area contributed by atoms with Crippen LogP contribution >= 0.6 is 0 Å². The van der Waals surface area contributed by atoms with Gasteiger partial charge < -0.3 is 10.5 Å². The van der Waals surface area contributed by atoms with E-state index in [1.54, 1.807) is 16.9 Å². The van der Waals surface area contributed by atoms with Gasteiger partial charge in [-0.05, 0) is 18.2 Å². The van der Waals surface area contributed by atoms with Crippen LogP contribution in [0.4, 0.5) is 4.39 Å². The summed E-state index contributed by atoms with van der Waals surface area (Å²) in [6.07, 6.45) is 2.44. The number of nitrogens with two attached hydrogens (primary N) is 1. The maximum atomic E-state index is 13.4. The second-order valence-electron chi connectivity index (χ2n) is 4.23. The Bertz CT molecular complexity index is 640. The van der Waals surface area contributed by atoms with Gasteiger partial charge in [-0.25, -0.2) is 4.39 Å². The topological polar surface area (TPSA) is 53.1 Å². The minimum absolute atomic E-state index is 0.243. The summed E-state index contributed by atoms with van der Waals surface area (Å²) in [4.78, 5) is 0. The highest BCUT2D eigenvalue weighted by atomic mass is 19.1. The van der Waals surface area contributed by atoms with Crippen LogP contribution in [0.3, 0.4) is 0 Å². The molecule has 0 aliphatic carbocycles. The summed E-state index contributed by atoms with van der Waals surface area (Å²) in [7, 11) is 1.87. The maximum Gasteiger partial charge on any atom is 0.128 e. The molecule has 1 heterocycles. The van der Waals surface area contributed by atoms with Gasteiger partial charge in [-0.15, -0.1) is 0 Å². The molecule has 2 aromatic rings. The quantitative estimate of drug-likeness (QED) is 0.859. The molecule has 20 heavy (non-hydrogen) atoms. The van der Waals surface area contributed by atoms with E-state index < -0.39 is 0 Å².